The predicted molar refractivity (Wildman–Crippen MR) is 59.7 cm³/mol. The summed E-state index contributed by atoms with van der Waals surface area (Å²) in [6, 6.07) is 1.74. The lowest BCUT2D eigenvalue weighted by Crippen LogP contribution is -2.33. The van der Waals surface area contributed by atoms with Gasteiger partial charge >= 0.3 is 0 Å². The quantitative estimate of drug-likeness (QED) is 0.781. The Bertz CT molecular complexity index is 297. The van der Waals surface area contributed by atoms with E-state index in [1.807, 2.05) is 0 Å². The normalized spacial score (nSPS) is 11.4. The number of hydrogen-bond acceptors (Lipinski definition) is 3. The Kier molecular flexibility index (Phi) is 3.69. The first-order valence-corrected chi connectivity index (χ1v) is 5.23. The Hall–Kier alpha value is -0.830. The third-order valence-corrected chi connectivity index (χ3v) is 2.83. The van der Waals surface area contributed by atoms with Gasteiger partial charge in [0.1, 0.15) is 17.3 Å². The van der Waals surface area contributed by atoms with E-state index in [1.54, 1.807) is 6.07 Å². The molecule has 0 atom stereocenters. The number of aromatic nitrogens is 2. The van der Waals surface area contributed by atoms with Crippen molar-refractivity contribution in [2.24, 2.45) is 0 Å². The third kappa shape index (κ3) is 2.84. The van der Waals surface area contributed by atoms with E-state index in [9.17, 15) is 0 Å². The molecule has 0 aromatic carbocycles. The zero-order chi connectivity index (χ0) is 10.6. The molecule has 0 unspecified atom stereocenters. The number of halogens is 1. The van der Waals surface area contributed by atoms with Crippen LogP contribution in [-0.2, 0) is 0 Å². The van der Waals surface area contributed by atoms with E-state index >= 15 is 0 Å². The van der Waals surface area contributed by atoms with Crippen LogP contribution in [0.5, 0.6) is 0 Å². The van der Waals surface area contributed by atoms with Gasteiger partial charge in [0.15, 0.2) is 0 Å². The minimum absolute atomic E-state index is 0.0810. The Morgan fingerprint density at radius 2 is 2.00 bits per heavy atom. The largest absolute Gasteiger partial charge is 0.365 e. The Labute approximate surface area is 89.9 Å². The summed E-state index contributed by atoms with van der Waals surface area (Å²) in [5.41, 5.74) is 0.0810. The molecule has 1 heterocycles. The summed E-state index contributed by atoms with van der Waals surface area (Å²) in [7, 11) is 0. The van der Waals surface area contributed by atoms with Gasteiger partial charge in [0.25, 0.3) is 0 Å². The van der Waals surface area contributed by atoms with Crippen LogP contribution in [0.15, 0.2) is 12.4 Å². The van der Waals surface area contributed by atoms with Gasteiger partial charge in [0.05, 0.1) is 0 Å². The van der Waals surface area contributed by atoms with Crippen LogP contribution in [0.1, 0.15) is 33.6 Å². The molecule has 0 saturated carbocycles. The number of nitrogens with zero attached hydrogens (tertiary/aromatic N) is 2. The van der Waals surface area contributed by atoms with Gasteiger partial charge in [0, 0.05) is 11.6 Å². The topological polar surface area (TPSA) is 37.8 Å². The van der Waals surface area contributed by atoms with Crippen LogP contribution in [0.4, 0.5) is 5.82 Å². The Balaban J connectivity index is 2.77. The van der Waals surface area contributed by atoms with Gasteiger partial charge in [-0.05, 0) is 19.8 Å². The van der Waals surface area contributed by atoms with Gasteiger partial charge in [-0.15, -0.1) is 0 Å². The molecule has 0 aliphatic rings. The van der Waals surface area contributed by atoms with Crippen LogP contribution < -0.4 is 5.32 Å². The van der Waals surface area contributed by atoms with Gasteiger partial charge in [-0.3, -0.25) is 0 Å². The maximum absolute atomic E-state index is 5.77. The van der Waals surface area contributed by atoms with Crippen LogP contribution in [0.3, 0.4) is 0 Å². The van der Waals surface area contributed by atoms with Crippen molar-refractivity contribution in [2.45, 2.75) is 39.2 Å². The minimum Gasteiger partial charge on any atom is -0.365 e. The summed E-state index contributed by atoms with van der Waals surface area (Å²) in [5.74, 6) is 0.788. The molecular weight excluding hydrogens is 198 g/mol. The SMILES string of the molecule is CCC(C)(CC)Nc1cc(Cl)ncn1. The maximum atomic E-state index is 5.77. The molecular formula is C10H16ClN3. The van der Waals surface area contributed by atoms with Crippen molar-refractivity contribution in [3.8, 4) is 0 Å². The van der Waals surface area contributed by atoms with E-state index < -0.39 is 0 Å². The summed E-state index contributed by atoms with van der Waals surface area (Å²) in [5, 5.41) is 3.83. The van der Waals surface area contributed by atoms with Gasteiger partial charge < -0.3 is 5.32 Å². The van der Waals surface area contributed by atoms with Crippen molar-refractivity contribution in [2.75, 3.05) is 5.32 Å². The van der Waals surface area contributed by atoms with E-state index in [0.717, 1.165) is 18.7 Å². The first-order chi connectivity index (χ1) is 6.59. The molecule has 1 rings (SSSR count). The van der Waals surface area contributed by atoms with Crippen molar-refractivity contribution in [1.82, 2.24) is 9.97 Å². The summed E-state index contributed by atoms with van der Waals surface area (Å²) >= 11 is 5.77. The van der Waals surface area contributed by atoms with E-state index in [2.05, 4.69) is 36.1 Å². The van der Waals surface area contributed by atoms with Gasteiger partial charge in [-0.25, -0.2) is 9.97 Å². The standard InChI is InChI=1S/C10H16ClN3/c1-4-10(3,5-2)14-9-6-8(11)12-7-13-9/h6-7H,4-5H2,1-3H3,(H,12,13,14). The lowest BCUT2D eigenvalue weighted by molar-refractivity contribution is 0.476. The highest BCUT2D eigenvalue weighted by Gasteiger charge is 2.19. The fourth-order valence-electron chi connectivity index (χ4n) is 1.14. The summed E-state index contributed by atoms with van der Waals surface area (Å²) in [6.45, 7) is 6.47. The van der Waals surface area contributed by atoms with Crippen LogP contribution in [-0.4, -0.2) is 15.5 Å². The smallest absolute Gasteiger partial charge is 0.134 e. The lowest BCUT2D eigenvalue weighted by atomic mass is 9.96. The maximum Gasteiger partial charge on any atom is 0.134 e. The van der Waals surface area contributed by atoms with Gasteiger partial charge in [0.2, 0.25) is 0 Å². The molecule has 3 nitrogen and oxygen atoms in total. The first-order valence-electron chi connectivity index (χ1n) is 4.85. The molecule has 14 heavy (non-hydrogen) atoms. The number of hydrogen-bond donors (Lipinski definition) is 1. The number of nitrogens with one attached hydrogen (secondary N) is 1. The van der Waals surface area contributed by atoms with Crippen LogP contribution in [0.2, 0.25) is 5.15 Å². The van der Waals surface area contributed by atoms with E-state index in [4.69, 9.17) is 11.6 Å². The average molecular weight is 214 g/mol. The summed E-state index contributed by atoms with van der Waals surface area (Å²) in [6.07, 6.45) is 3.56. The van der Waals surface area contributed by atoms with Crippen molar-refractivity contribution >= 4 is 17.4 Å². The Morgan fingerprint density at radius 1 is 1.36 bits per heavy atom. The molecule has 0 aliphatic heterocycles. The second-order valence-electron chi connectivity index (χ2n) is 3.62. The molecule has 0 spiro atoms. The monoisotopic (exact) mass is 213 g/mol. The van der Waals surface area contributed by atoms with E-state index in [1.165, 1.54) is 6.33 Å². The number of anilines is 1. The van der Waals surface area contributed by atoms with Gasteiger partial charge in [-0.2, -0.15) is 0 Å². The molecule has 4 heteroatoms. The minimum atomic E-state index is 0.0810. The molecule has 0 aliphatic carbocycles. The predicted octanol–water partition coefficient (Wildman–Crippen LogP) is 3.12. The van der Waals surface area contributed by atoms with Gasteiger partial charge in [-0.1, -0.05) is 25.4 Å². The molecule has 0 bridgehead atoms. The molecule has 1 aromatic heterocycles. The summed E-state index contributed by atoms with van der Waals surface area (Å²) in [4.78, 5) is 7.95. The van der Waals surface area contributed by atoms with Crippen molar-refractivity contribution < 1.29 is 0 Å². The molecule has 1 aromatic rings. The van der Waals surface area contributed by atoms with E-state index in [-0.39, 0.29) is 5.54 Å². The second-order valence-corrected chi connectivity index (χ2v) is 4.01. The fraction of sp³-hybridized carbons (Fsp3) is 0.600. The highest BCUT2D eigenvalue weighted by molar-refractivity contribution is 6.29. The number of rotatable bonds is 4. The van der Waals surface area contributed by atoms with Crippen molar-refractivity contribution in [3.63, 3.8) is 0 Å². The van der Waals surface area contributed by atoms with Crippen LogP contribution >= 0.6 is 11.6 Å². The van der Waals surface area contributed by atoms with Crippen molar-refractivity contribution in [3.05, 3.63) is 17.5 Å². The average Bonchev–Trinajstić information content (AvgIpc) is 2.18. The zero-order valence-electron chi connectivity index (χ0n) is 8.84. The summed E-state index contributed by atoms with van der Waals surface area (Å²) < 4.78 is 0. The Morgan fingerprint density at radius 3 is 2.50 bits per heavy atom. The molecule has 0 radical (unpaired) electrons. The highest BCUT2D eigenvalue weighted by atomic mass is 35.5. The highest BCUT2D eigenvalue weighted by Crippen LogP contribution is 2.20. The first kappa shape index (κ1) is 11.2. The fourth-order valence-corrected chi connectivity index (χ4v) is 1.28. The molecule has 78 valence electrons. The molecule has 0 saturated heterocycles. The van der Waals surface area contributed by atoms with Crippen LogP contribution in [0.25, 0.3) is 0 Å². The molecule has 0 amide bonds. The second kappa shape index (κ2) is 4.60. The zero-order valence-corrected chi connectivity index (χ0v) is 9.60. The molecule has 1 N–H and O–H groups in total. The molecule has 0 fully saturated rings. The third-order valence-electron chi connectivity index (χ3n) is 2.62. The lowest BCUT2D eigenvalue weighted by Gasteiger charge is -2.28. The van der Waals surface area contributed by atoms with E-state index in [0.29, 0.717) is 5.15 Å². The van der Waals surface area contributed by atoms with Crippen LogP contribution in [0, 0.1) is 0 Å². The van der Waals surface area contributed by atoms with Crippen molar-refractivity contribution in [1.29, 1.82) is 0 Å².